The first-order valence-electron chi connectivity index (χ1n) is 6.51. The quantitative estimate of drug-likeness (QED) is 0.836. The van der Waals surface area contributed by atoms with Crippen LogP contribution in [-0.2, 0) is 5.41 Å². The van der Waals surface area contributed by atoms with Crippen LogP contribution in [0.15, 0.2) is 47.8 Å². The average molecular weight is 260 g/mol. The van der Waals surface area contributed by atoms with Crippen LogP contribution in [-0.4, -0.2) is 5.11 Å². The minimum absolute atomic E-state index is 0.174. The number of hydrogen-bond acceptors (Lipinski definition) is 2. The largest absolute Gasteiger partial charge is 0.387 e. The fraction of sp³-hybridized carbons (Fsp3) is 0.375. The maximum absolute atomic E-state index is 10.8. The highest BCUT2D eigenvalue weighted by Gasteiger charge is 2.37. The van der Waals surface area contributed by atoms with Crippen LogP contribution in [0.1, 0.15) is 43.2 Å². The Morgan fingerprint density at radius 3 is 2.22 bits per heavy atom. The van der Waals surface area contributed by atoms with Gasteiger partial charge in [0.2, 0.25) is 0 Å². The molecule has 1 aromatic carbocycles. The zero-order valence-electron chi connectivity index (χ0n) is 11.0. The summed E-state index contributed by atoms with van der Waals surface area (Å²) in [6.07, 6.45) is 1.45. The normalized spacial score (nSPS) is 13.5. The Balaban J connectivity index is 2.44. The number of hydrogen-bond donors (Lipinski definition) is 1. The number of aliphatic hydroxyl groups is 1. The molecule has 1 heterocycles. The van der Waals surface area contributed by atoms with Crippen molar-refractivity contribution >= 4 is 11.3 Å². The third kappa shape index (κ3) is 2.23. The van der Waals surface area contributed by atoms with E-state index in [4.69, 9.17) is 0 Å². The predicted molar refractivity (Wildman–Crippen MR) is 78.0 cm³/mol. The SMILES string of the molecule is CCC(CC)(c1ccccc1)C(O)c1cccs1. The molecule has 2 aromatic rings. The molecule has 0 radical (unpaired) electrons. The molecule has 0 aliphatic rings. The topological polar surface area (TPSA) is 20.2 Å². The molecule has 1 aromatic heterocycles. The molecule has 0 saturated heterocycles. The fourth-order valence-electron chi connectivity index (χ4n) is 2.69. The predicted octanol–water partition coefficient (Wildman–Crippen LogP) is 4.54. The summed E-state index contributed by atoms with van der Waals surface area (Å²) in [4.78, 5) is 1.06. The van der Waals surface area contributed by atoms with E-state index >= 15 is 0 Å². The molecule has 0 fully saturated rings. The first-order valence-corrected chi connectivity index (χ1v) is 7.39. The van der Waals surface area contributed by atoms with Gasteiger partial charge in [0.25, 0.3) is 0 Å². The molecule has 96 valence electrons. The van der Waals surface area contributed by atoms with Crippen molar-refractivity contribution < 1.29 is 5.11 Å². The zero-order chi connectivity index (χ0) is 13.0. The lowest BCUT2D eigenvalue weighted by Gasteiger charge is -2.36. The fourth-order valence-corrected chi connectivity index (χ4v) is 3.52. The molecule has 18 heavy (non-hydrogen) atoms. The van der Waals surface area contributed by atoms with Crippen LogP contribution in [0.25, 0.3) is 0 Å². The second kappa shape index (κ2) is 5.68. The highest BCUT2D eigenvalue weighted by atomic mass is 32.1. The summed E-state index contributed by atoms with van der Waals surface area (Å²) in [5.74, 6) is 0. The van der Waals surface area contributed by atoms with Crippen molar-refractivity contribution in [2.24, 2.45) is 0 Å². The maximum atomic E-state index is 10.8. The molecule has 0 aliphatic carbocycles. The van der Waals surface area contributed by atoms with Crippen LogP contribution >= 0.6 is 11.3 Å². The number of benzene rings is 1. The van der Waals surface area contributed by atoms with Crippen LogP contribution in [0.4, 0.5) is 0 Å². The molecule has 2 rings (SSSR count). The summed E-state index contributed by atoms with van der Waals surface area (Å²) in [5, 5.41) is 12.8. The number of aliphatic hydroxyl groups excluding tert-OH is 1. The molecule has 2 heteroatoms. The smallest absolute Gasteiger partial charge is 0.0977 e. The Hall–Kier alpha value is -1.12. The summed E-state index contributed by atoms with van der Waals surface area (Å²) in [6, 6.07) is 14.4. The minimum atomic E-state index is -0.421. The van der Waals surface area contributed by atoms with Gasteiger partial charge in [0.1, 0.15) is 0 Å². The lowest BCUT2D eigenvalue weighted by molar-refractivity contribution is 0.0758. The van der Waals surface area contributed by atoms with Gasteiger partial charge in [-0.1, -0.05) is 50.2 Å². The van der Waals surface area contributed by atoms with E-state index in [1.807, 2.05) is 23.6 Å². The summed E-state index contributed by atoms with van der Waals surface area (Å²) in [5.41, 5.74) is 1.06. The molecule has 1 unspecified atom stereocenters. The molecular weight excluding hydrogens is 240 g/mol. The van der Waals surface area contributed by atoms with E-state index in [2.05, 4.69) is 38.1 Å². The lowest BCUT2D eigenvalue weighted by atomic mass is 9.71. The Bertz CT molecular complexity index is 457. The molecule has 0 saturated carbocycles. The Kier molecular flexibility index (Phi) is 4.20. The molecule has 1 atom stereocenters. The molecule has 0 aliphatic heterocycles. The molecule has 1 N–H and O–H groups in total. The van der Waals surface area contributed by atoms with E-state index < -0.39 is 6.10 Å². The van der Waals surface area contributed by atoms with Crippen molar-refractivity contribution in [1.82, 2.24) is 0 Å². The summed E-state index contributed by atoms with van der Waals surface area (Å²) >= 11 is 1.63. The van der Waals surface area contributed by atoms with Crippen LogP contribution in [0.3, 0.4) is 0 Å². The van der Waals surface area contributed by atoms with Crippen molar-refractivity contribution in [3.05, 3.63) is 58.3 Å². The van der Waals surface area contributed by atoms with Gasteiger partial charge >= 0.3 is 0 Å². The number of rotatable bonds is 5. The third-order valence-corrected chi connectivity index (χ3v) is 4.87. The van der Waals surface area contributed by atoms with Gasteiger partial charge in [-0.25, -0.2) is 0 Å². The highest BCUT2D eigenvalue weighted by molar-refractivity contribution is 7.10. The van der Waals surface area contributed by atoms with Crippen LogP contribution in [0, 0.1) is 0 Å². The van der Waals surface area contributed by atoms with E-state index in [9.17, 15) is 5.11 Å². The van der Waals surface area contributed by atoms with E-state index in [0.29, 0.717) is 0 Å². The second-order valence-corrected chi connectivity index (χ2v) is 5.63. The monoisotopic (exact) mass is 260 g/mol. The maximum Gasteiger partial charge on any atom is 0.0977 e. The second-order valence-electron chi connectivity index (χ2n) is 4.65. The van der Waals surface area contributed by atoms with Gasteiger partial charge in [-0.05, 0) is 29.9 Å². The van der Waals surface area contributed by atoms with Gasteiger partial charge in [0.15, 0.2) is 0 Å². The zero-order valence-corrected chi connectivity index (χ0v) is 11.8. The molecular formula is C16H20OS. The van der Waals surface area contributed by atoms with Crippen LogP contribution < -0.4 is 0 Å². The van der Waals surface area contributed by atoms with E-state index in [1.54, 1.807) is 11.3 Å². The highest BCUT2D eigenvalue weighted by Crippen LogP contribution is 2.44. The average Bonchev–Trinajstić information content (AvgIpc) is 2.96. The molecule has 0 spiro atoms. The van der Waals surface area contributed by atoms with E-state index in [0.717, 1.165) is 17.7 Å². The van der Waals surface area contributed by atoms with Crippen molar-refractivity contribution in [2.45, 2.75) is 38.2 Å². The third-order valence-electron chi connectivity index (χ3n) is 3.95. The summed E-state index contributed by atoms with van der Waals surface area (Å²) in [6.45, 7) is 4.32. The van der Waals surface area contributed by atoms with E-state index in [1.165, 1.54) is 5.56 Å². The van der Waals surface area contributed by atoms with Crippen molar-refractivity contribution in [3.8, 4) is 0 Å². The molecule has 0 amide bonds. The van der Waals surface area contributed by atoms with Crippen molar-refractivity contribution in [1.29, 1.82) is 0 Å². The van der Waals surface area contributed by atoms with Gasteiger partial charge in [-0.3, -0.25) is 0 Å². The Morgan fingerprint density at radius 1 is 1.06 bits per heavy atom. The first-order chi connectivity index (χ1) is 8.74. The van der Waals surface area contributed by atoms with Gasteiger partial charge in [0.05, 0.1) is 6.10 Å². The van der Waals surface area contributed by atoms with Crippen LogP contribution in [0.5, 0.6) is 0 Å². The van der Waals surface area contributed by atoms with Gasteiger partial charge in [0, 0.05) is 10.3 Å². The van der Waals surface area contributed by atoms with Gasteiger partial charge in [-0.15, -0.1) is 11.3 Å². The van der Waals surface area contributed by atoms with E-state index in [-0.39, 0.29) is 5.41 Å². The molecule has 1 nitrogen and oxygen atoms in total. The first kappa shape index (κ1) is 13.3. The molecule has 0 bridgehead atoms. The van der Waals surface area contributed by atoms with Gasteiger partial charge < -0.3 is 5.11 Å². The Labute approximate surface area is 113 Å². The Morgan fingerprint density at radius 2 is 1.72 bits per heavy atom. The van der Waals surface area contributed by atoms with Crippen molar-refractivity contribution in [3.63, 3.8) is 0 Å². The standard InChI is InChI=1S/C16H20OS/c1-3-16(4-2,13-9-6-5-7-10-13)15(17)14-11-8-12-18-14/h5-12,15,17H,3-4H2,1-2H3. The van der Waals surface area contributed by atoms with Gasteiger partial charge in [-0.2, -0.15) is 0 Å². The summed E-state index contributed by atoms with van der Waals surface area (Å²) in [7, 11) is 0. The van der Waals surface area contributed by atoms with Crippen LogP contribution in [0.2, 0.25) is 0 Å². The number of thiophene rings is 1. The summed E-state index contributed by atoms with van der Waals surface area (Å²) < 4.78 is 0. The van der Waals surface area contributed by atoms with Crippen molar-refractivity contribution in [2.75, 3.05) is 0 Å². The minimum Gasteiger partial charge on any atom is -0.387 e. The lowest BCUT2D eigenvalue weighted by Crippen LogP contribution is -2.32.